The zero-order valence-corrected chi connectivity index (χ0v) is 14.9. The van der Waals surface area contributed by atoms with Gasteiger partial charge < -0.3 is 11.1 Å². The number of pyridine rings is 1. The Balaban J connectivity index is 0.00000220. The van der Waals surface area contributed by atoms with Gasteiger partial charge in [-0.3, -0.25) is 4.98 Å². The molecule has 0 saturated carbocycles. The van der Waals surface area contributed by atoms with Gasteiger partial charge in [0.15, 0.2) is 5.96 Å². The fraction of sp³-hybridized carbons (Fsp3) is 0.250. The second-order valence-corrected chi connectivity index (χ2v) is 4.97. The SMILES string of the molecule is Cc1cc(C)cc(NC(N)=NCc2cccc(C)n2)c1.I. The lowest BCUT2D eigenvalue weighted by atomic mass is 10.1. The predicted molar refractivity (Wildman–Crippen MR) is 99.3 cm³/mol. The Morgan fingerprint density at radius 2 is 1.81 bits per heavy atom. The summed E-state index contributed by atoms with van der Waals surface area (Å²) in [4.78, 5) is 8.70. The van der Waals surface area contributed by atoms with Gasteiger partial charge in [-0.05, 0) is 56.2 Å². The largest absolute Gasteiger partial charge is 0.370 e. The highest BCUT2D eigenvalue weighted by Crippen LogP contribution is 2.13. The molecular weight excluding hydrogens is 375 g/mol. The van der Waals surface area contributed by atoms with Gasteiger partial charge >= 0.3 is 0 Å². The summed E-state index contributed by atoms with van der Waals surface area (Å²) in [6.07, 6.45) is 0. The number of halogens is 1. The fourth-order valence-electron chi connectivity index (χ4n) is 2.09. The lowest BCUT2D eigenvalue weighted by Gasteiger charge is -2.08. The number of anilines is 1. The number of nitrogens with zero attached hydrogens (tertiary/aromatic N) is 2. The van der Waals surface area contributed by atoms with Crippen molar-refractivity contribution in [2.75, 3.05) is 5.32 Å². The first-order valence-corrected chi connectivity index (χ1v) is 6.61. The van der Waals surface area contributed by atoms with Crippen LogP contribution in [0.5, 0.6) is 0 Å². The van der Waals surface area contributed by atoms with Gasteiger partial charge in [0.1, 0.15) is 0 Å². The molecule has 0 atom stereocenters. The van der Waals surface area contributed by atoms with Gasteiger partial charge in [0.05, 0.1) is 12.2 Å². The summed E-state index contributed by atoms with van der Waals surface area (Å²) in [5.41, 5.74) is 11.1. The van der Waals surface area contributed by atoms with Crippen LogP contribution in [0.1, 0.15) is 22.5 Å². The van der Waals surface area contributed by atoms with Crippen molar-refractivity contribution < 1.29 is 0 Å². The van der Waals surface area contributed by atoms with Crippen LogP contribution in [0.25, 0.3) is 0 Å². The Hall–Kier alpha value is -1.63. The molecule has 1 aromatic heterocycles. The minimum absolute atomic E-state index is 0. The average Bonchev–Trinajstić information content (AvgIpc) is 2.35. The summed E-state index contributed by atoms with van der Waals surface area (Å²) in [7, 11) is 0. The van der Waals surface area contributed by atoms with Crippen LogP contribution in [0.15, 0.2) is 41.4 Å². The molecule has 3 N–H and O–H groups in total. The summed E-state index contributed by atoms with van der Waals surface area (Å²) < 4.78 is 0. The standard InChI is InChI=1S/C16H20N4.HI/c1-11-7-12(2)9-15(8-11)20-16(17)18-10-14-6-4-5-13(3)19-14;/h4-9H,10H2,1-3H3,(H3,17,18,20);1H. The second kappa shape index (κ2) is 7.97. The van der Waals surface area contributed by atoms with Crippen LogP contribution in [0.4, 0.5) is 5.69 Å². The molecule has 0 unspecified atom stereocenters. The minimum atomic E-state index is 0. The van der Waals surface area contributed by atoms with Crippen LogP contribution in [-0.4, -0.2) is 10.9 Å². The highest BCUT2D eigenvalue weighted by atomic mass is 127. The maximum atomic E-state index is 5.90. The Kier molecular flexibility index (Phi) is 6.61. The number of aryl methyl sites for hydroxylation is 3. The van der Waals surface area contributed by atoms with Crippen molar-refractivity contribution in [3.05, 3.63) is 58.9 Å². The molecule has 112 valence electrons. The molecule has 0 aliphatic rings. The number of aliphatic imine (C=N–C) groups is 1. The molecule has 0 bridgehead atoms. The van der Waals surface area contributed by atoms with Gasteiger partial charge in [0.2, 0.25) is 0 Å². The zero-order valence-electron chi connectivity index (χ0n) is 12.6. The number of nitrogens with two attached hydrogens (primary N) is 1. The molecule has 21 heavy (non-hydrogen) atoms. The first kappa shape index (κ1) is 17.4. The van der Waals surface area contributed by atoms with E-state index in [1.807, 2.05) is 37.3 Å². The molecule has 0 aliphatic heterocycles. The van der Waals surface area contributed by atoms with Crippen LogP contribution >= 0.6 is 24.0 Å². The van der Waals surface area contributed by atoms with Crippen molar-refractivity contribution in [1.82, 2.24) is 4.98 Å². The monoisotopic (exact) mass is 396 g/mol. The first-order chi connectivity index (χ1) is 9.52. The van der Waals surface area contributed by atoms with Crippen LogP contribution in [0, 0.1) is 20.8 Å². The molecule has 1 aromatic carbocycles. The normalized spacial score (nSPS) is 10.9. The number of rotatable bonds is 3. The Morgan fingerprint density at radius 1 is 1.14 bits per heavy atom. The van der Waals surface area contributed by atoms with E-state index in [0.717, 1.165) is 17.1 Å². The summed E-state index contributed by atoms with van der Waals surface area (Å²) in [5, 5.41) is 3.11. The molecule has 4 nitrogen and oxygen atoms in total. The molecule has 0 amide bonds. The molecule has 0 saturated heterocycles. The van der Waals surface area contributed by atoms with Gasteiger partial charge in [-0.2, -0.15) is 0 Å². The maximum absolute atomic E-state index is 5.90. The maximum Gasteiger partial charge on any atom is 0.193 e. The Bertz CT molecular complexity index is 618. The number of hydrogen-bond acceptors (Lipinski definition) is 2. The minimum Gasteiger partial charge on any atom is -0.370 e. The third kappa shape index (κ3) is 5.71. The van der Waals surface area contributed by atoms with Crippen molar-refractivity contribution in [1.29, 1.82) is 0 Å². The molecule has 1 heterocycles. The smallest absolute Gasteiger partial charge is 0.193 e. The summed E-state index contributed by atoms with van der Waals surface area (Å²) >= 11 is 0. The number of hydrogen-bond donors (Lipinski definition) is 2. The molecule has 2 aromatic rings. The zero-order chi connectivity index (χ0) is 14.5. The van der Waals surface area contributed by atoms with Crippen LogP contribution in [0.3, 0.4) is 0 Å². The molecular formula is C16H21IN4. The van der Waals surface area contributed by atoms with Crippen molar-refractivity contribution in [3.63, 3.8) is 0 Å². The van der Waals surface area contributed by atoms with Crippen molar-refractivity contribution in [2.24, 2.45) is 10.7 Å². The molecule has 0 spiro atoms. The summed E-state index contributed by atoms with van der Waals surface area (Å²) in [6, 6.07) is 12.1. The quantitative estimate of drug-likeness (QED) is 0.474. The predicted octanol–water partition coefficient (Wildman–Crippen LogP) is 3.55. The van der Waals surface area contributed by atoms with Gasteiger partial charge in [0, 0.05) is 11.4 Å². The Morgan fingerprint density at radius 3 is 2.43 bits per heavy atom. The highest BCUT2D eigenvalue weighted by Gasteiger charge is 1.98. The average molecular weight is 396 g/mol. The summed E-state index contributed by atoms with van der Waals surface area (Å²) in [5.74, 6) is 0.401. The number of guanidine groups is 1. The number of aromatic nitrogens is 1. The third-order valence-electron chi connectivity index (χ3n) is 2.85. The van der Waals surface area contributed by atoms with Crippen LogP contribution < -0.4 is 11.1 Å². The van der Waals surface area contributed by atoms with Gasteiger partial charge in [-0.15, -0.1) is 24.0 Å². The molecule has 0 aliphatic carbocycles. The van der Waals surface area contributed by atoms with E-state index in [1.165, 1.54) is 11.1 Å². The second-order valence-electron chi connectivity index (χ2n) is 4.97. The van der Waals surface area contributed by atoms with Gasteiger partial charge in [-0.25, -0.2) is 4.99 Å². The van der Waals surface area contributed by atoms with E-state index < -0.39 is 0 Å². The topological polar surface area (TPSA) is 63.3 Å². The van der Waals surface area contributed by atoms with Crippen LogP contribution in [0.2, 0.25) is 0 Å². The highest BCUT2D eigenvalue weighted by molar-refractivity contribution is 14.0. The van der Waals surface area contributed by atoms with Gasteiger partial charge in [0.25, 0.3) is 0 Å². The van der Waals surface area contributed by atoms with E-state index in [2.05, 4.69) is 35.2 Å². The van der Waals surface area contributed by atoms with Crippen LogP contribution in [-0.2, 0) is 6.54 Å². The summed E-state index contributed by atoms with van der Waals surface area (Å²) in [6.45, 7) is 6.56. The lowest BCUT2D eigenvalue weighted by Crippen LogP contribution is -2.22. The van der Waals surface area contributed by atoms with Crippen molar-refractivity contribution >= 4 is 35.6 Å². The molecule has 0 fully saturated rings. The van der Waals surface area contributed by atoms with E-state index in [-0.39, 0.29) is 24.0 Å². The van der Waals surface area contributed by atoms with Gasteiger partial charge in [-0.1, -0.05) is 12.1 Å². The third-order valence-corrected chi connectivity index (χ3v) is 2.85. The van der Waals surface area contributed by atoms with E-state index in [4.69, 9.17) is 5.73 Å². The molecule has 0 radical (unpaired) electrons. The van der Waals surface area contributed by atoms with E-state index in [0.29, 0.717) is 12.5 Å². The number of nitrogens with one attached hydrogen (secondary N) is 1. The van der Waals surface area contributed by atoms with Crippen molar-refractivity contribution in [3.8, 4) is 0 Å². The molecule has 2 rings (SSSR count). The fourth-order valence-corrected chi connectivity index (χ4v) is 2.09. The number of benzene rings is 1. The van der Waals surface area contributed by atoms with E-state index in [9.17, 15) is 0 Å². The first-order valence-electron chi connectivity index (χ1n) is 6.61. The Labute approximate surface area is 142 Å². The van der Waals surface area contributed by atoms with Crippen molar-refractivity contribution in [2.45, 2.75) is 27.3 Å². The molecule has 5 heteroatoms. The van der Waals surface area contributed by atoms with E-state index >= 15 is 0 Å². The lowest BCUT2D eigenvalue weighted by molar-refractivity contribution is 0.965. The van der Waals surface area contributed by atoms with E-state index in [1.54, 1.807) is 0 Å².